The molecule has 0 saturated carbocycles. The van der Waals surface area contributed by atoms with Crippen molar-refractivity contribution in [2.75, 3.05) is 5.32 Å². The van der Waals surface area contributed by atoms with E-state index in [2.05, 4.69) is 11.9 Å². The van der Waals surface area contributed by atoms with Gasteiger partial charge in [-0.1, -0.05) is 12.1 Å². The number of hydrogen-bond acceptors (Lipinski definition) is 2. The number of carbonyl (C=O) groups excluding carboxylic acids is 1. The van der Waals surface area contributed by atoms with Crippen LogP contribution in [0.15, 0.2) is 30.9 Å². The molecule has 1 aromatic carbocycles. The summed E-state index contributed by atoms with van der Waals surface area (Å²) in [5.74, 6) is 0.0510. The fourth-order valence-corrected chi connectivity index (χ4v) is 1.09. The van der Waals surface area contributed by atoms with Crippen LogP contribution >= 0.6 is 0 Å². The van der Waals surface area contributed by atoms with Crippen LogP contribution in [0.4, 0.5) is 5.69 Å². The molecule has 3 heteroatoms. The van der Waals surface area contributed by atoms with E-state index in [1.54, 1.807) is 25.1 Å². The summed E-state index contributed by atoms with van der Waals surface area (Å²) in [5, 5.41) is 12.1. The van der Waals surface area contributed by atoms with Crippen molar-refractivity contribution in [3.63, 3.8) is 0 Å². The number of phenolic OH excluding ortho intramolecular Hbond substituents is 1. The lowest BCUT2D eigenvalue weighted by Crippen LogP contribution is -2.10. The normalized spacial score (nSPS) is 9.50. The van der Waals surface area contributed by atoms with Gasteiger partial charge in [-0.25, -0.2) is 0 Å². The van der Waals surface area contributed by atoms with Crippen LogP contribution in [0.3, 0.4) is 0 Å². The first-order chi connectivity index (χ1) is 6.65. The number of amides is 1. The number of rotatable bonds is 3. The van der Waals surface area contributed by atoms with Crippen molar-refractivity contribution < 1.29 is 9.90 Å². The summed E-state index contributed by atoms with van der Waals surface area (Å²) in [6.07, 6.45) is 1.81. The average Bonchev–Trinajstić information content (AvgIpc) is 2.13. The van der Waals surface area contributed by atoms with E-state index in [1.807, 2.05) is 0 Å². The number of phenols is 1. The zero-order valence-corrected chi connectivity index (χ0v) is 8.08. The van der Waals surface area contributed by atoms with E-state index in [-0.39, 0.29) is 18.1 Å². The van der Waals surface area contributed by atoms with E-state index in [4.69, 9.17) is 0 Å². The minimum atomic E-state index is -0.131. The molecule has 2 N–H and O–H groups in total. The van der Waals surface area contributed by atoms with Gasteiger partial charge in [-0.2, -0.15) is 0 Å². The van der Waals surface area contributed by atoms with Crippen LogP contribution in [0.5, 0.6) is 5.75 Å². The van der Waals surface area contributed by atoms with Crippen LogP contribution < -0.4 is 5.32 Å². The zero-order valence-electron chi connectivity index (χ0n) is 8.08. The van der Waals surface area contributed by atoms with Crippen molar-refractivity contribution in [3.05, 3.63) is 36.4 Å². The third-order valence-corrected chi connectivity index (χ3v) is 1.91. The fraction of sp³-hybridized carbons (Fsp3) is 0.182. The number of nitrogens with one attached hydrogen (secondary N) is 1. The summed E-state index contributed by atoms with van der Waals surface area (Å²) in [6.45, 7) is 5.22. The van der Waals surface area contributed by atoms with Crippen molar-refractivity contribution in [2.24, 2.45) is 0 Å². The van der Waals surface area contributed by atoms with Gasteiger partial charge in [0, 0.05) is 17.7 Å². The van der Waals surface area contributed by atoms with E-state index >= 15 is 0 Å². The third kappa shape index (κ3) is 2.36. The summed E-state index contributed by atoms with van der Waals surface area (Å²) in [7, 11) is 0. The molecule has 0 aromatic heterocycles. The molecule has 1 aromatic rings. The van der Waals surface area contributed by atoms with Crippen molar-refractivity contribution in [3.8, 4) is 5.75 Å². The van der Waals surface area contributed by atoms with Gasteiger partial charge in [0.2, 0.25) is 5.91 Å². The highest BCUT2D eigenvalue weighted by molar-refractivity contribution is 5.92. The maximum Gasteiger partial charge on any atom is 0.228 e. The summed E-state index contributed by atoms with van der Waals surface area (Å²) >= 11 is 0. The molecule has 0 saturated heterocycles. The van der Waals surface area contributed by atoms with E-state index in [9.17, 15) is 9.90 Å². The van der Waals surface area contributed by atoms with Crippen molar-refractivity contribution >= 4 is 11.6 Å². The Morgan fingerprint density at radius 3 is 3.00 bits per heavy atom. The van der Waals surface area contributed by atoms with Gasteiger partial charge in [0.05, 0.1) is 0 Å². The summed E-state index contributed by atoms with van der Waals surface area (Å²) < 4.78 is 0. The highest BCUT2D eigenvalue weighted by Crippen LogP contribution is 2.23. The van der Waals surface area contributed by atoms with E-state index < -0.39 is 0 Å². The van der Waals surface area contributed by atoms with Crippen LogP contribution in [-0.2, 0) is 4.79 Å². The first kappa shape index (κ1) is 10.3. The van der Waals surface area contributed by atoms with Gasteiger partial charge in [-0.15, -0.1) is 6.58 Å². The Morgan fingerprint density at radius 1 is 1.64 bits per heavy atom. The van der Waals surface area contributed by atoms with E-state index in [1.165, 1.54) is 6.08 Å². The molecule has 0 spiro atoms. The number of hydrogen-bond donors (Lipinski definition) is 2. The van der Waals surface area contributed by atoms with Gasteiger partial charge in [-0.05, 0) is 19.1 Å². The van der Waals surface area contributed by atoms with Gasteiger partial charge in [0.15, 0.2) is 0 Å². The zero-order chi connectivity index (χ0) is 10.6. The van der Waals surface area contributed by atoms with Crippen LogP contribution in [0, 0.1) is 6.92 Å². The van der Waals surface area contributed by atoms with E-state index in [0.717, 1.165) is 0 Å². The first-order valence-corrected chi connectivity index (χ1v) is 4.34. The maximum atomic E-state index is 11.2. The van der Waals surface area contributed by atoms with Crippen LogP contribution in [0.25, 0.3) is 0 Å². The molecule has 0 aliphatic carbocycles. The molecule has 0 bridgehead atoms. The Labute approximate surface area is 83.1 Å². The lowest BCUT2D eigenvalue weighted by atomic mass is 10.2. The Balaban J connectivity index is 2.81. The van der Waals surface area contributed by atoms with Crippen molar-refractivity contribution in [1.29, 1.82) is 0 Å². The smallest absolute Gasteiger partial charge is 0.228 e. The van der Waals surface area contributed by atoms with Gasteiger partial charge in [-0.3, -0.25) is 4.79 Å². The molecule has 0 radical (unpaired) electrons. The van der Waals surface area contributed by atoms with Crippen molar-refractivity contribution in [1.82, 2.24) is 0 Å². The van der Waals surface area contributed by atoms with E-state index in [0.29, 0.717) is 11.3 Å². The molecule has 74 valence electrons. The highest BCUT2D eigenvalue weighted by Gasteiger charge is 2.04. The summed E-state index contributed by atoms with van der Waals surface area (Å²) in [6, 6.07) is 5.01. The second-order valence-corrected chi connectivity index (χ2v) is 2.99. The molecule has 0 fully saturated rings. The van der Waals surface area contributed by atoms with Crippen LogP contribution in [0.2, 0.25) is 0 Å². The monoisotopic (exact) mass is 191 g/mol. The highest BCUT2D eigenvalue weighted by atomic mass is 16.3. The quantitative estimate of drug-likeness (QED) is 0.720. The predicted octanol–water partition coefficient (Wildman–Crippen LogP) is 2.22. The molecule has 3 nitrogen and oxygen atoms in total. The van der Waals surface area contributed by atoms with Crippen molar-refractivity contribution in [2.45, 2.75) is 13.3 Å². The van der Waals surface area contributed by atoms with Gasteiger partial charge < -0.3 is 10.4 Å². The third-order valence-electron chi connectivity index (χ3n) is 1.91. The molecule has 1 amide bonds. The molecule has 0 aliphatic rings. The minimum absolute atomic E-state index is 0.131. The van der Waals surface area contributed by atoms with Gasteiger partial charge >= 0.3 is 0 Å². The Morgan fingerprint density at radius 2 is 2.36 bits per heavy atom. The molecule has 0 atom stereocenters. The second kappa shape index (κ2) is 4.46. The molecule has 14 heavy (non-hydrogen) atoms. The average molecular weight is 191 g/mol. The SMILES string of the molecule is C=CCC(=O)Nc1cccc(O)c1C. The topological polar surface area (TPSA) is 49.3 Å². The van der Waals surface area contributed by atoms with Gasteiger partial charge in [0.1, 0.15) is 5.75 Å². The number of anilines is 1. The van der Waals surface area contributed by atoms with Gasteiger partial charge in [0.25, 0.3) is 0 Å². The number of aromatic hydroxyl groups is 1. The lowest BCUT2D eigenvalue weighted by Gasteiger charge is -2.08. The first-order valence-electron chi connectivity index (χ1n) is 4.34. The molecule has 0 heterocycles. The molecular weight excluding hydrogens is 178 g/mol. The number of benzene rings is 1. The second-order valence-electron chi connectivity index (χ2n) is 2.99. The standard InChI is InChI=1S/C11H13NO2/c1-3-5-11(14)12-9-6-4-7-10(13)8(9)2/h3-4,6-7,13H,1,5H2,2H3,(H,12,14). The molecular formula is C11H13NO2. The Bertz CT molecular complexity index is 358. The molecule has 1 rings (SSSR count). The molecule has 0 aliphatic heterocycles. The number of carbonyl (C=O) groups is 1. The Kier molecular flexibility index (Phi) is 3.29. The van der Waals surface area contributed by atoms with Crippen LogP contribution in [0.1, 0.15) is 12.0 Å². The van der Waals surface area contributed by atoms with Crippen LogP contribution in [-0.4, -0.2) is 11.0 Å². The lowest BCUT2D eigenvalue weighted by molar-refractivity contribution is -0.115. The Hall–Kier alpha value is -1.77. The summed E-state index contributed by atoms with van der Waals surface area (Å²) in [5.41, 5.74) is 1.31. The minimum Gasteiger partial charge on any atom is -0.508 e. The largest absolute Gasteiger partial charge is 0.508 e. The maximum absolute atomic E-state index is 11.2. The summed E-state index contributed by atoms with van der Waals surface area (Å²) in [4.78, 5) is 11.2. The molecule has 0 unspecified atom stereocenters. The fourth-order valence-electron chi connectivity index (χ4n) is 1.09. The predicted molar refractivity (Wildman–Crippen MR) is 56.3 cm³/mol.